The number of anilines is 2. The number of ether oxygens (including phenoxy) is 1. The average Bonchev–Trinajstić information content (AvgIpc) is 3.27. The minimum Gasteiger partial charge on any atom is -0.495 e. The average molecular weight is 588 g/mol. The summed E-state index contributed by atoms with van der Waals surface area (Å²) in [6, 6.07) is 14.2. The van der Waals surface area contributed by atoms with Crippen LogP contribution in [-0.4, -0.2) is 61.5 Å². The predicted octanol–water partition coefficient (Wildman–Crippen LogP) is 3.58. The monoisotopic (exact) mass is 587 g/mol. The standard InChI is InChI=1S/C26H26ClN5O5S2/c1-17-24(39(35,36)32-12-10-30(11-13-32)20-8-3-4-9-21(20)37-2)23-25(38-17)28-16-31(26(23)34)15-22(33)29-19-7-5-6-18(27)14-19/h3-9,14,16H,10-13,15H2,1-2H3,(H,29,33). The van der Waals surface area contributed by atoms with Gasteiger partial charge in [-0.05, 0) is 37.3 Å². The molecule has 1 saturated heterocycles. The molecule has 0 saturated carbocycles. The second-order valence-electron chi connectivity index (χ2n) is 8.97. The number of carbonyl (C=O) groups is 1. The second-order valence-corrected chi connectivity index (χ2v) is 12.5. The van der Waals surface area contributed by atoms with Crippen LogP contribution in [0.15, 0.2) is 64.5 Å². The van der Waals surface area contributed by atoms with Crippen LogP contribution >= 0.6 is 22.9 Å². The van der Waals surface area contributed by atoms with Crippen molar-refractivity contribution in [3.63, 3.8) is 0 Å². The van der Waals surface area contributed by atoms with E-state index in [4.69, 9.17) is 16.3 Å². The van der Waals surface area contributed by atoms with Crippen molar-refractivity contribution < 1.29 is 17.9 Å². The van der Waals surface area contributed by atoms with E-state index < -0.39 is 21.5 Å². The lowest BCUT2D eigenvalue weighted by atomic mass is 10.2. The number of piperazine rings is 1. The molecule has 0 bridgehead atoms. The van der Waals surface area contributed by atoms with Crippen molar-refractivity contribution in [3.8, 4) is 5.75 Å². The van der Waals surface area contributed by atoms with Gasteiger partial charge in [0.1, 0.15) is 22.0 Å². The minimum absolute atomic E-state index is 0.00251. The van der Waals surface area contributed by atoms with Gasteiger partial charge in [-0.2, -0.15) is 4.31 Å². The number of sulfonamides is 1. The van der Waals surface area contributed by atoms with Crippen molar-refractivity contribution in [3.05, 3.63) is 75.1 Å². The topological polar surface area (TPSA) is 114 Å². The highest BCUT2D eigenvalue weighted by molar-refractivity contribution is 7.89. The molecule has 10 nitrogen and oxygen atoms in total. The lowest BCUT2D eigenvalue weighted by Gasteiger charge is -2.35. The molecule has 0 spiro atoms. The summed E-state index contributed by atoms with van der Waals surface area (Å²) in [7, 11) is -2.40. The fourth-order valence-corrected chi connectivity index (χ4v) is 7.93. The van der Waals surface area contributed by atoms with E-state index in [1.165, 1.54) is 10.6 Å². The normalized spacial score (nSPS) is 14.5. The third-order valence-electron chi connectivity index (χ3n) is 6.48. The summed E-state index contributed by atoms with van der Waals surface area (Å²) in [5, 5.41) is 3.15. The number of halogens is 1. The number of aryl methyl sites for hydroxylation is 1. The van der Waals surface area contributed by atoms with E-state index in [2.05, 4.69) is 15.2 Å². The van der Waals surface area contributed by atoms with E-state index in [-0.39, 0.29) is 29.9 Å². The van der Waals surface area contributed by atoms with E-state index in [0.717, 1.165) is 27.3 Å². The first kappa shape index (κ1) is 27.1. The molecule has 0 unspecified atom stereocenters. The fraction of sp³-hybridized carbons (Fsp3) is 0.269. The lowest BCUT2D eigenvalue weighted by molar-refractivity contribution is -0.116. The summed E-state index contributed by atoms with van der Waals surface area (Å²) < 4.78 is 35.6. The molecule has 39 heavy (non-hydrogen) atoms. The van der Waals surface area contributed by atoms with Crippen molar-refractivity contribution in [1.29, 1.82) is 0 Å². The quantitative estimate of drug-likeness (QED) is 0.351. The summed E-state index contributed by atoms with van der Waals surface area (Å²) in [6.45, 7) is 2.75. The Balaban J connectivity index is 1.40. The Labute approximate surface area is 234 Å². The van der Waals surface area contributed by atoms with Gasteiger partial charge >= 0.3 is 0 Å². The molecule has 1 N–H and O–H groups in total. The Morgan fingerprint density at radius 3 is 2.59 bits per heavy atom. The van der Waals surface area contributed by atoms with Crippen LogP contribution in [0.2, 0.25) is 5.02 Å². The number of fused-ring (bicyclic) bond motifs is 1. The number of methoxy groups -OCH3 is 1. The first-order valence-corrected chi connectivity index (χ1v) is 14.7. The molecule has 2 aromatic heterocycles. The third kappa shape index (κ3) is 5.37. The van der Waals surface area contributed by atoms with Crippen molar-refractivity contribution >= 4 is 60.5 Å². The Morgan fingerprint density at radius 1 is 1.13 bits per heavy atom. The van der Waals surface area contributed by atoms with E-state index >= 15 is 0 Å². The highest BCUT2D eigenvalue weighted by atomic mass is 35.5. The molecular weight excluding hydrogens is 562 g/mol. The largest absolute Gasteiger partial charge is 0.495 e. The zero-order valence-electron chi connectivity index (χ0n) is 21.3. The molecule has 204 valence electrons. The molecule has 3 heterocycles. The first-order valence-electron chi connectivity index (χ1n) is 12.1. The molecule has 1 amide bonds. The number of carbonyl (C=O) groups excluding carboxylic acids is 1. The summed E-state index contributed by atoms with van der Waals surface area (Å²) in [6.07, 6.45) is 1.26. The van der Waals surface area contributed by atoms with Gasteiger partial charge in [0.25, 0.3) is 5.56 Å². The van der Waals surface area contributed by atoms with Crippen molar-refractivity contribution in [2.75, 3.05) is 43.5 Å². The van der Waals surface area contributed by atoms with E-state index in [0.29, 0.717) is 33.5 Å². The van der Waals surface area contributed by atoms with E-state index in [1.807, 2.05) is 24.3 Å². The van der Waals surface area contributed by atoms with Gasteiger partial charge in [-0.25, -0.2) is 13.4 Å². The van der Waals surface area contributed by atoms with Gasteiger partial charge in [0.15, 0.2) is 0 Å². The van der Waals surface area contributed by atoms with Gasteiger partial charge in [-0.15, -0.1) is 11.3 Å². The van der Waals surface area contributed by atoms with Crippen LogP contribution in [0.5, 0.6) is 5.75 Å². The molecule has 1 fully saturated rings. The number of nitrogens with one attached hydrogen (secondary N) is 1. The van der Waals surface area contributed by atoms with E-state index in [9.17, 15) is 18.0 Å². The summed E-state index contributed by atoms with van der Waals surface area (Å²) in [5.41, 5.74) is 0.797. The van der Waals surface area contributed by atoms with Gasteiger partial charge in [0.05, 0.1) is 24.5 Å². The SMILES string of the molecule is COc1ccccc1N1CCN(S(=O)(=O)c2c(C)sc3ncn(CC(=O)Nc4cccc(Cl)c4)c(=O)c23)CC1. The minimum atomic E-state index is -4.00. The Bertz CT molecular complexity index is 1710. The van der Waals surface area contributed by atoms with Crippen molar-refractivity contribution in [2.24, 2.45) is 0 Å². The van der Waals surface area contributed by atoms with Gasteiger partial charge in [0.2, 0.25) is 15.9 Å². The number of aromatic nitrogens is 2. The molecule has 0 radical (unpaired) electrons. The number of hydrogen-bond acceptors (Lipinski definition) is 8. The van der Waals surface area contributed by atoms with Crippen LogP contribution in [0.25, 0.3) is 10.2 Å². The number of amides is 1. The molecule has 0 atom stereocenters. The first-order chi connectivity index (χ1) is 18.7. The van der Waals surface area contributed by atoms with Crippen LogP contribution in [0.3, 0.4) is 0 Å². The molecule has 5 rings (SSSR count). The number of thiophene rings is 1. The van der Waals surface area contributed by atoms with E-state index in [1.54, 1.807) is 38.3 Å². The highest BCUT2D eigenvalue weighted by Gasteiger charge is 2.34. The number of hydrogen-bond donors (Lipinski definition) is 1. The van der Waals surface area contributed by atoms with Crippen molar-refractivity contribution in [2.45, 2.75) is 18.4 Å². The molecule has 0 aliphatic carbocycles. The molecule has 2 aromatic carbocycles. The predicted molar refractivity (Wildman–Crippen MR) is 153 cm³/mol. The summed E-state index contributed by atoms with van der Waals surface area (Å²) in [5.74, 6) is 0.254. The fourth-order valence-electron chi connectivity index (χ4n) is 4.65. The highest BCUT2D eigenvalue weighted by Crippen LogP contribution is 2.34. The molecule has 1 aliphatic heterocycles. The van der Waals surface area contributed by atoms with Crippen LogP contribution < -0.4 is 20.5 Å². The Kier molecular flexibility index (Phi) is 7.63. The number of para-hydroxylation sites is 2. The van der Waals surface area contributed by atoms with Gasteiger partial charge in [0, 0.05) is 41.8 Å². The third-order valence-corrected chi connectivity index (χ3v) is 9.93. The number of rotatable bonds is 7. The maximum atomic E-state index is 13.8. The lowest BCUT2D eigenvalue weighted by Crippen LogP contribution is -2.49. The maximum absolute atomic E-state index is 13.8. The van der Waals surface area contributed by atoms with Crippen LogP contribution in [-0.2, 0) is 21.4 Å². The maximum Gasteiger partial charge on any atom is 0.263 e. The smallest absolute Gasteiger partial charge is 0.263 e. The molecule has 4 aromatic rings. The van der Waals surface area contributed by atoms with Crippen LogP contribution in [0.1, 0.15) is 4.88 Å². The van der Waals surface area contributed by atoms with Crippen LogP contribution in [0.4, 0.5) is 11.4 Å². The molecular formula is C26H26ClN5O5S2. The Hall–Kier alpha value is -3.45. The summed E-state index contributed by atoms with van der Waals surface area (Å²) in [4.78, 5) is 33.2. The Morgan fingerprint density at radius 2 is 1.87 bits per heavy atom. The number of nitrogens with zero attached hydrogens (tertiary/aromatic N) is 4. The van der Waals surface area contributed by atoms with Crippen molar-refractivity contribution in [1.82, 2.24) is 13.9 Å². The number of benzene rings is 2. The molecule has 13 heteroatoms. The molecule has 1 aliphatic rings. The van der Waals surface area contributed by atoms with Gasteiger partial charge in [-0.1, -0.05) is 29.8 Å². The second kappa shape index (κ2) is 11.0. The summed E-state index contributed by atoms with van der Waals surface area (Å²) >= 11 is 7.12. The zero-order valence-corrected chi connectivity index (χ0v) is 23.6. The van der Waals surface area contributed by atoms with Gasteiger partial charge < -0.3 is 15.0 Å². The zero-order chi connectivity index (χ0) is 27.7. The van der Waals surface area contributed by atoms with Gasteiger partial charge in [-0.3, -0.25) is 14.2 Å². The van der Waals surface area contributed by atoms with Crippen LogP contribution in [0, 0.1) is 6.92 Å².